The van der Waals surface area contributed by atoms with Crippen LogP contribution in [0, 0.1) is 0 Å². The standard InChI is InChI=1S/C19H26N2O4/c1-18(2,3)24-17(22)21-15(12-23-19(21,4)5)14-11-16(25-20-14)13-9-7-6-8-10-13/h6-10,15-16H,11-12H2,1-5H3/t15-,16+/m0/s1. The minimum absolute atomic E-state index is 0.125. The van der Waals surface area contributed by atoms with E-state index in [0.29, 0.717) is 13.0 Å². The van der Waals surface area contributed by atoms with E-state index >= 15 is 0 Å². The minimum atomic E-state index is -0.750. The summed E-state index contributed by atoms with van der Waals surface area (Å²) in [7, 11) is 0. The first-order chi connectivity index (χ1) is 11.7. The molecule has 0 N–H and O–H groups in total. The number of benzene rings is 1. The molecular weight excluding hydrogens is 320 g/mol. The maximum Gasteiger partial charge on any atom is 0.413 e. The lowest BCUT2D eigenvalue weighted by Gasteiger charge is -2.34. The third-order valence-corrected chi connectivity index (χ3v) is 4.32. The van der Waals surface area contributed by atoms with Crippen LogP contribution in [0.1, 0.15) is 52.7 Å². The molecule has 1 saturated heterocycles. The summed E-state index contributed by atoms with van der Waals surface area (Å²) in [6.45, 7) is 9.67. The average Bonchev–Trinajstić information content (AvgIpc) is 3.10. The van der Waals surface area contributed by atoms with Gasteiger partial charge in [0.25, 0.3) is 0 Å². The second-order valence-corrected chi connectivity index (χ2v) is 7.92. The highest BCUT2D eigenvalue weighted by Gasteiger charge is 2.49. The van der Waals surface area contributed by atoms with Crippen molar-refractivity contribution >= 4 is 11.8 Å². The van der Waals surface area contributed by atoms with Gasteiger partial charge >= 0.3 is 6.09 Å². The summed E-state index contributed by atoms with van der Waals surface area (Å²) in [6, 6.07) is 9.68. The predicted molar refractivity (Wildman–Crippen MR) is 94.2 cm³/mol. The van der Waals surface area contributed by atoms with Crippen molar-refractivity contribution in [3.05, 3.63) is 35.9 Å². The van der Waals surface area contributed by atoms with Crippen molar-refractivity contribution < 1.29 is 19.1 Å². The van der Waals surface area contributed by atoms with E-state index in [-0.39, 0.29) is 12.1 Å². The van der Waals surface area contributed by atoms with Crippen LogP contribution in [0.5, 0.6) is 0 Å². The number of amides is 1. The van der Waals surface area contributed by atoms with Gasteiger partial charge in [0.15, 0.2) is 6.10 Å². The van der Waals surface area contributed by atoms with Crippen molar-refractivity contribution in [3.8, 4) is 0 Å². The molecule has 0 aromatic heterocycles. The molecule has 136 valence electrons. The summed E-state index contributed by atoms with van der Waals surface area (Å²) in [6.07, 6.45) is 0.110. The zero-order valence-corrected chi connectivity index (χ0v) is 15.5. The average molecular weight is 346 g/mol. The molecule has 0 bridgehead atoms. The van der Waals surface area contributed by atoms with Crippen LogP contribution in [0.25, 0.3) is 0 Å². The summed E-state index contributed by atoms with van der Waals surface area (Å²) in [5.41, 5.74) is 0.565. The summed E-state index contributed by atoms with van der Waals surface area (Å²) in [4.78, 5) is 20.0. The Bertz CT molecular complexity index is 664. The van der Waals surface area contributed by atoms with Crippen molar-refractivity contribution in [2.75, 3.05) is 6.61 Å². The topological polar surface area (TPSA) is 60.4 Å². The second-order valence-electron chi connectivity index (χ2n) is 7.92. The van der Waals surface area contributed by atoms with Crippen LogP contribution in [0.2, 0.25) is 0 Å². The first-order valence-electron chi connectivity index (χ1n) is 8.61. The van der Waals surface area contributed by atoms with Crippen molar-refractivity contribution in [2.45, 2.75) is 64.5 Å². The second kappa shape index (κ2) is 6.33. The molecule has 1 amide bonds. The zero-order valence-electron chi connectivity index (χ0n) is 15.5. The van der Waals surface area contributed by atoms with Gasteiger partial charge in [-0.05, 0) is 40.2 Å². The molecule has 0 saturated carbocycles. The van der Waals surface area contributed by atoms with Gasteiger partial charge in [-0.15, -0.1) is 0 Å². The summed E-state index contributed by atoms with van der Waals surface area (Å²) in [5.74, 6) is 0. The number of rotatable bonds is 2. The summed E-state index contributed by atoms with van der Waals surface area (Å²) in [5, 5.41) is 4.26. The molecular formula is C19H26N2O4. The highest BCUT2D eigenvalue weighted by molar-refractivity contribution is 5.93. The van der Waals surface area contributed by atoms with Crippen LogP contribution in [0.15, 0.2) is 35.5 Å². The molecule has 0 radical (unpaired) electrons. The number of carbonyl (C=O) groups excluding carboxylic acids is 1. The zero-order chi connectivity index (χ0) is 18.2. The van der Waals surface area contributed by atoms with Gasteiger partial charge in [0.2, 0.25) is 0 Å². The monoisotopic (exact) mass is 346 g/mol. The van der Waals surface area contributed by atoms with Crippen LogP contribution < -0.4 is 0 Å². The Morgan fingerprint density at radius 1 is 1.28 bits per heavy atom. The van der Waals surface area contributed by atoms with Crippen LogP contribution in [-0.4, -0.2) is 40.7 Å². The molecule has 2 aliphatic rings. The molecule has 0 spiro atoms. The van der Waals surface area contributed by atoms with E-state index in [1.807, 2.05) is 65.0 Å². The van der Waals surface area contributed by atoms with Gasteiger partial charge < -0.3 is 14.3 Å². The Morgan fingerprint density at radius 3 is 2.60 bits per heavy atom. The first kappa shape index (κ1) is 17.7. The summed E-state index contributed by atoms with van der Waals surface area (Å²) < 4.78 is 11.4. The fourth-order valence-electron chi connectivity index (χ4n) is 3.14. The number of nitrogens with zero attached hydrogens (tertiary/aromatic N) is 2. The van der Waals surface area contributed by atoms with Gasteiger partial charge in [0.1, 0.15) is 17.4 Å². The van der Waals surface area contributed by atoms with Gasteiger partial charge in [0.05, 0.1) is 12.3 Å². The van der Waals surface area contributed by atoms with E-state index in [9.17, 15) is 4.79 Å². The van der Waals surface area contributed by atoms with Crippen molar-refractivity contribution in [3.63, 3.8) is 0 Å². The molecule has 2 atom stereocenters. The van der Waals surface area contributed by atoms with Crippen molar-refractivity contribution in [1.82, 2.24) is 4.90 Å². The normalized spacial score (nSPS) is 25.5. The largest absolute Gasteiger partial charge is 0.444 e. The third kappa shape index (κ3) is 3.79. The first-order valence-corrected chi connectivity index (χ1v) is 8.61. The number of hydrogen-bond donors (Lipinski definition) is 0. The highest BCUT2D eigenvalue weighted by atomic mass is 16.6. The van der Waals surface area contributed by atoms with Crippen molar-refractivity contribution in [2.24, 2.45) is 5.16 Å². The minimum Gasteiger partial charge on any atom is -0.444 e. The third-order valence-electron chi connectivity index (χ3n) is 4.32. The fraction of sp³-hybridized carbons (Fsp3) is 0.579. The van der Waals surface area contributed by atoms with Gasteiger partial charge in [0, 0.05) is 6.42 Å². The number of carbonyl (C=O) groups is 1. The molecule has 1 aromatic rings. The Morgan fingerprint density at radius 2 is 1.96 bits per heavy atom. The SMILES string of the molecule is CC(C)(C)OC(=O)N1[C@H](C2=NO[C@@H](c3ccccc3)C2)COC1(C)C. The predicted octanol–water partition coefficient (Wildman–Crippen LogP) is 3.88. The van der Waals surface area contributed by atoms with E-state index < -0.39 is 17.4 Å². The quantitative estimate of drug-likeness (QED) is 0.815. The van der Waals surface area contributed by atoms with E-state index in [4.69, 9.17) is 14.3 Å². The molecule has 25 heavy (non-hydrogen) atoms. The van der Waals surface area contributed by atoms with E-state index in [1.165, 1.54) is 0 Å². The fourth-order valence-corrected chi connectivity index (χ4v) is 3.14. The van der Waals surface area contributed by atoms with Crippen LogP contribution in [0.4, 0.5) is 4.79 Å². The molecule has 1 aromatic carbocycles. The lowest BCUT2D eigenvalue weighted by molar-refractivity contribution is -0.0605. The lowest BCUT2D eigenvalue weighted by Crippen LogP contribution is -2.52. The Labute approximate surface area is 148 Å². The number of oxime groups is 1. The molecule has 6 nitrogen and oxygen atoms in total. The molecule has 0 unspecified atom stereocenters. The molecule has 1 fully saturated rings. The lowest BCUT2D eigenvalue weighted by atomic mass is 10.0. The Balaban J connectivity index is 1.76. The molecule has 3 rings (SSSR count). The Kier molecular flexibility index (Phi) is 4.49. The van der Waals surface area contributed by atoms with E-state index in [1.54, 1.807) is 4.90 Å². The number of hydrogen-bond acceptors (Lipinski definition) is 5. The highest BCUT2D eigenvalue weighted by Crippen LogP contribution is 2.35. The molecule has 6 heteroatoms. The maximum absolute atomic E-state index is 12.7. The van der Waals surface area contributed by atoms with Crippen LogP contribution in [-0.2, 0) is 14.3 Å². The molecule has 2 heterocycles. The smallest absolute Gasteiger partial charge is 0.413 e. The maximum atomic E-state index is 12.7. The van der Waals surface area contributed by atoms with Gasteiger partial charge in [-0.1, -0.05) is 35.5 Å². The van der Waals surface area contributed by atoms with Crippen molar-refractivity contribution in [1.29, 1.82) is 0 Å². The van der Waals surface area contributed by atoms with Gasteiger partial charge in [-0.2, -0.15) is 0 Å². The van der Waals surface area contributed by atoms with Crippen LogP contribution in [0.3, 0.4) is 0 Å². The Hall–Kier alpha value is -2.08. The van der Waals surface area contributed by atoms with Gasteiger partial charge in [-0.25, -0.2) is 4.79 Å². The van der Waals surface area contributed by atoms with E-state index in [2.05, 4.69) is 5.16 Å². The van der Waals surface area contributed by atoms with E-state index in [0.717, 1.165) is 11.3 Å². The molecule has 0 aliphatic carbocycles. The summed E-state index contributed by atoms with van der Waals surface area (Å²) >= 11 is 0. The van der Waals surface area contributed by atoms with Gasteiger partial charge in [-0.3, -0.25) is 4.90 Å². The molecule has 2 aliphatic heterocycles. The number of ether oxygens (including phenoxy) is 2. The van der Waals surface area contributed by atoms with Crippen LogP contribution >= 0.6 is 0 Å².